The fourth-order valence-corrected chi connectivity index (χ4v) is 2.67. The number of hydrazine groups is 1. The van der Waals surface area contributed by atoms with Gasteiger partial charge in [-0.3, -0.25) is 15.1 Å². The van der Waals surface area contributed by atoms with Gasteiger partial charge in [0.2, 0.25) is 0 Å². The number of nitrogens with zero attached hydrogens (tertiary/aromatic N) is 1. The maximum absolute atomic E-state index is 11.6. The molecule has 106 valence electrons. The average Bonchev–Trinajstić information content (AvgIpc) is 3.12. The molecule has 0 spiro atoms. The fraction of sp³-hybridized carbons (Fsp3) is 0.615. The van der Waals surface area contributed by atoms with E-state index in [1.807, 2.05) is 18.5 Å². The highest BCUT2D eigenvalue weighted by atomic mass is 32.1. The predicted octanol–water partition coefficient (Wildman–Crippen LogP) is 1.21. The van der Waals surface area contributed by atoms with Gasteiger partial charge in [0.15, 0.2) is 0 Å². The Bertz CT molecular complexity index is 418. The number of ether oxygens (including phenoxy) is 1. The molecule has 0 aromatic carbocycles. The van der Waals surface area contributed by atoms with Gasteiger partial charge in [0.1, 0.15) is 0 Å². The van der Waals surface area contributed by atoms with Crippen molar-refractivity contribution in [1.29, 1.82) is 0 Å². The zero-order chi connectivity index (χ0) is 13.7. The van der Waals surface area contributed by atoms with E-state index in [2.05, 4.69) is 10.3 Å². The Labute approximate surface area is 117 Å². The van der Waals surface area contributed by atoms with Crippen LogP contribution in [0.5, 0.6) is 0 Å². The maximum Gasteiger partial charge on any atom is 0.275 e. The number of amides is 1. The lowest BCUT2D eigenvalue weighted by Crippen LogP contribution is -2.31. The molecule has 5 nitrogen and oxygen atoms in total. The minimum Gasteiger partial charge on any atom is -0.380 e. The van der Waals surface area contributed by atoms with Crippen molar-refractivity contribution in [3.63, 3.8) is 0 Å². The highest BCUT2D eigenvalue weighted by Crippen LogP contribution is 2.28. The summed E-state index contributed by atoms with van der Waals surface area (Å²) < 4.78 is 5.61. The van der Waals surface area contributed by atoms with Crippen LogP contribution >= 0.6 is 11.3 Å². The van der Waals surface area contributed by atoms with Crippen molar-refractivity contribution in [2.24, 2.45) is 11.8 Å². The Kier molecular flexibility index (Phi) is 5.33. The van der Waals surface area contributed by atoms with Crippen LogP contribution in [0.4, 0.5) is 0 Å². The monoisotopic (exact) mass is 283 g/mol. The average molecular weight is 283 g/mol. The number of hydrogen-bond acceptors (Lipinski definition) is 5. The van der Waals surface area contributed by atoms with Gasteiger partial charge in [-0.05, 0) is 42.8 Å². The summed E-state index contributed by atoms with van der Waals surface area (Å²) in [5.74, 6) is 5.76. The van der Waals surface area contributed by atoms with Gasteiger partial charge in [-0.25, -0.2) is 5.84 Å². The molecule has 1 aromatic rings. The summed E-state index contributed by atoms with van der Waals surface area (Å²) in [6, 6.07) is 1.97. The second-order valence-corrected chi connectivity index (χ2v) is 5.92. The zero-order valence-corrected chi connectivity index (χ0v) is 12.0. The molecule has 2 rings (SSSR count). The lowest BCUT2D eigenvalue weighted by atomic mass is 10.2. The molecule has 1 aliphatic rings. The standard InChI is InChI=1S/C13H21N3O2S/c1-16(5-6-18-9-10-2-3-10)8-11-4-7-19-12(11)13(17)15-14/h4,7,10H,2-3,5-6,8-9,14H2,1H3,(H,15,17). The number of nitrogens with one attached hydrogen (secondary N) is 1. The van der Waals surface area contributed by atoms with Crippen LogP contribution in [-0.4, -0.2) is 37.6 Å². The van der Waals surface area contributed by atoms with Gasteiger partial charge in [-0.15, -0.1) is 11.3 Å². The van der Waals surface area contributed by atoms with E-state index in [4.69, 9.17) is 10.6 Å². The fourth-order valence-electron chi connectivity index (χ4n) is 1.85. The van der Waals surface area contributed by atoms with Crippen LogP contribution in [0.25, 0.3) is 0 Å². The molecule has 1 aliphatic carbocycles. The van der Waals surface area contributed by atoms with E-state index in [0.717, 1.165) is 37.8 Å². The van der Waals surface area contributed by atoms with Crippen molar-refractivity contribution in [2.75, 3.05) is 26.8 Å². The van der Waals surface area contributed by atoms with Crippen LogP contribution in [-0.2, 0) is 11.3 Å². The highest BCUT2D eigenvalue weighted by molar-refractivity contribution is 7.12. The van der Waals surface area contributed by atoms with Crippen molar-refractivity contribution >= 4 is 17.2 Å². The number of nitrogens with two attached hydrogens (primary N) is 1. The molecule has 19 heavy (non-hydrogen) atoms. The molecule has 0 bridgehead atoms. The molecule has 1 aromatic heterocycles. The van der Waals surface area contributed by atoms with Crippen LogP contribution in [0.1, 0.15) is 28.1 Å². The number of hydrogen-bond donors (Lipinski definition) is 2. The Hall–Kier alpha value is -0.950. The minimum atomic E-state index is -0.219. The summed E-state index contributed by atoms with van der Waals surface area (Å²) in [6.07, 6.45) is 2.64. The first-order valence-electron chi connectivity index (χ1n) is 6.54. The van der Waals surface area contributed by atoms with Gasteiger partial charge in [0.25, 0.3) is 5.91 Å². The summed E-state index contributed by atoms with van der Waals surface area (Å²) >= 11 is 1.41. The van der Waals surface area contributed by atoms with Crippen LogP contribution < -0.4 is 11.3 Å². The molecule has 0 atom stereocenters. The third-order valence-electron chi connectivity index (χ3n) is 3.19. The van der Waals surface area contributed by atoms with Gasteiger partial charge in [0.05, 0.1) is 11.5 Å². The van der Waals surface area contributed by atoms with Crippen molar-refractivity contribution in [2.45, 2.75) is 19.4 Å². The molecular formula is C13H21N3O2S. The van der Waals surface area contributed by atoms with Gasteiger partial charge in [-0.1, -0.05) is 0 Å². The summed E-state index contributed by atoms with van der Waals surface area (Å²) in [5, 5.41) is 1.91. The van der Waals surface area contributed by atoms with E-state index in [-0.39, 0.29) is 5.91 Å². The van der Waals surface area contributed by atoms with Gasteiger partial charge in [-0.2, -0.15) is 0 Å². The molecule has 0 radical (unpaired) electrons. The molecule has 3 N–H and O–H groups in total. The van der Waals surface area contributed by atoms with Gasteiger partial charge in [0, 0.05) is 19.7 Å². The SMILES string of the molecule is CN(CCOCC1CC1)Cc1ccsc1C(=O)NN. The Morgan fingerprint density at radius 1 is 1.63 bits per heavy atom. The summed E-state index contributed by atoms with van der Waals surface area (Å²) in [4.78, 5) is 14.4. The number of thiophene rings is 1. The van der Waals surface area contributed by atoms with Crippen LogP contribution in [0, 0.1) is 5.92 Å². The smallest absolute Gasteiger partial charge is 0.275 e. The molecule has 0 aliphatic heterocycles. The molecular weight excluding hydrogens is 262 g/mol. The third kappa shape index (κ3) is 4.58. The maximum atomic E-state index is 11.6. The number of likely N-dealkylation sites (N-methyl/N-ethyl adjacent to an activating group) is 1. The number of carbonyl (C=O) groups is 1. The minimum absolute atomic E-state index is 0.219. The van der Waals surface area contributed by atoms with Crippen molar-refractivity contribution in [1.82, 2.24) is 10.3 Å². The Balaban J connectivity index is 1.72. The number of nitrogen functional groups attached to an aromatic ring is 1. The topological polar surface area (TPSA) is 67.6 Å². The lowest BCUT2D eigenvalue weighted by Gasteiger charge is -2.16. The first kappa shape index (κ1) is 14.5. The van der Waals surface area contributed by atoms with Gasteiger partial charge >= 0.3 is 0 Å². The number of carbonyl (C=O) groups excluding carboxylic acids is 1. The lowest BCUT2D eigenvalue weighted by molar-refractivity contribution is 0.0952. The van der Waals surface area contributed by atoms with Crippen molar-refractivity contribution < 1.29 is 9.53 Å². The zero-order valence-electron chi connectivity index (χ0n) is 11.2. The third-order valence-corrected chi connectivity index (χ3v) is 4.15. The molecule has 1 amide bonds. The molecule has 1 heterocycles. The molecule has 6 heteroatoms. The van der Waals surface area contributed by atoms with Crippen LogP contribution in [0.15, 0.2) is 11.4 Å². The normalized spacial score (nSPS) is 14.9. The van der Waals surface area contributed by atoms with E-state index in [0.29, 0.717) is 4.88 Å². The first-order valence-corrected chi connectivity index (χ1v) is 7.42. The first-order chi connectivity index (χ1) is 9.20. The molecule has 0 unspecified atom stereocenters. The highest BCUT2D eigenvalue weighted by Gasteiger charge is 2.21. The van der Waals surface area contributed by atoms with E-state index < -0.39 is 0 Å². The Morgan fingerprint density at radius 3 is 3.11 bits per heavy atom. The van der Waals surface area contributed by atoms with Crippen LogP contribution in [0.3, 0.4) is 0 Å². The van der Waals surface area contributed by atoms with Crippen LogP contribution in [0.2, 0.25) is 0 Å². The summed E-state index contributed by atoms with van der Waals surface area (Å²) in [7, 11) is 2.03. The largest absolute Gasteiger partial charge is 0.380 e. The number of rotatable bonds is 8. The second kappa shape index (κ2) is 7.00. The van der Waals surface area contributed by atoms with Gasteiger partial charge < -0.3 is 4.74 Å². The van der Waals surface area contributed by atoms with Crippen molar-refractivity contribution in [3.05, 3.63) is 21.9 Å². The van der Waals surface area contributed by atoms with E-state index >= 15 is 0 Å². The molecule has 1 fully saturated rings. The molecule has 0 saturated heterocycles. The van der Waals surface area contributed by atoms with E-state index in [9.17, 15) is 4.79 Å². The Morgan fingerprint density at radius 2 is 2.42 bits per heavy atom. The quantitative estimate of drug-likeness (QED) is 0.326. The second-order valence-electron chi connectivity index (χ2n) is 5.00. The predicted molar refractivity (Wildman–Crippen MR) is 75.8 cm³/mol. The summed E-state index contributed by atoms with van der Waals surface area (Å²) in [6.45, 7) is 3.24. The molecule has 1 saturated carbocycles. The summed E-state index contributed by atoms with van der Waals surface area (Å²) in [5.41, 5.74) is 3.19. The van der Waals surface area contributed by atoms with E-state index in [1.165, 1.54) is 24.2 Å². The van der Waals surface area contributed by atoms with Crippen molar-refractivity contribution in [3.8, 4) is 0 Å². The van der Waals surface area contributed by atoms with E-state index in [1.54, 1.807) is 0 Å².